The van der Waals surface area contributed by atoms with Gasteiger partial charge in [0.1, 0.15) is 11.6 Å². The van der Waals surface area contributed by atoms with Gasteiger partial charge in [-0.05, 0) is 31.0 Å². The molecular formula is C17H16ClFN4OS. The molecule has 1 fully saturated rings. The first-order valence-electron chi connectivity index (χ1n) is 8.11. The second-order valence-corrected chi connectivity index (χ2v) is 7.51. The Morgan fingerprint density at radius 1 is 1.28 bits per heavy atom. The first kappa shape index (κ1) is 16.5. The van der Waals surface area contributed by atoms with E-state index < -0.39 is 5.82 Å². The Kier molecular flexibility index (Phi) is 4.45. The second kappa shape index (κ2) is 6.74. The van der Waals surface area contributed by atoms with Gasteiger partial charge in [0.05, 0.1) is 25.8 Å². The number of H-pyrrole nitrogens is 1. The van der Waals surface area contributed by atoms with Crippen LogP contribution in [0.2, 0.25) is 5.02 Å². The summed E-state index contributed by atoms with van der Waals surface area (Å²) in [5.41, 5.74) is 4.11. The predicted molar refractivity (Wildman–Crippen MR) is 97.3 cm³/mol. The Labute approximate surface area is 152 Å². The number of halogens is 2. The summed E-state index contributed by atoms with van der Waals surface area (Å²) >= 11 is 7.14. The molecule has 3 aromatic rings. The Morgan fingerprint density at radius 3 is 2.88 bits per heavy atom. The number of aromatic nitrogens is 2. The molecule has 0 aliphatic carbocycles. The lowest BCUT2D eigenvalue weighted by atomic mass is 10.2. The number of imidazole rings is 1. The van der Waals surface area contributed by atoms with Gasteiger partial charge in [-0.3, -0.25) is 10.2 Å². The topological polar surface area (TPSA) is 61.0 Å². The van der Waals surface area contributed by atoms with E-state index in [4.69, 9.17) is 11.6 Å². The molecule has 4 rings (SSSR count). The van der Waals surface area contributed by atoms with E-state index in [2.05, 4.69) is 15.4 Å². The molecule has 0 atom stereocenters. The number of amides is 1. The fourth-order valence-electron chi connectivity index (χ4n) is 2.91. The number of nitrogens with zero attached hydrogens (tertiary/aromatic N) is 2. The minimum atomic E-state index is -0.489. The van der Waals surface area contributed by atoms with Gasteiger partial charge in [-0.1, -0.05) is 18.0 Å². The fraction of sp³-hybridized carbons (Fsp3) is 0.294. The number of hydrazine groups is 1. The lowest BCUT2D eigenvalue weighted by molar-refractivity contribution is 0.0754. The third-order valence-corrected chi connectivity index (χ3v) is 5.58. The van der Waals surface area contributed by atoms with Gasteiger partial charge in [0, 0.05) is 19.2 Å². The number of fused-ring (bicyclic) bond motifs is 1. The van der Waals surface area contributed by atoms with E-state index in [9.17, 15) is 9.18 Å². The van der Waals surface area contributed by atoms with Gasteiger partial charge >= 0.3 is 0 Å². The van der Waals surface area contributed by atoms with Crippen molar-refractivity contribution in [3.8, 4) is 10.7 Å². The second-order valence-electron chi connectivity index (χ2n) is 6.02. The number of rotatable bonds is 3. The summed E-state index contributed by atoms with van der Waals surface area (Å²) in [5, 5.41) is 2.01. The highest BCUT2D eigenvalue weighted by molar-refractivity contribution is 7.17. The molecule has 8 heteroatoms. The molecule has 1 aliphatic rings. The van der Waals surface area contributed by atoms with Gasteiger partial charge in [-0.15, -0.1) is 11.3 Å². The maximum absolute atomic E-state index is 13.6. The number of hydrogen-bond acceptors (Lipinski definition) is 4. The van der Waals surface area contributed by atoms with E-state index in [1.807, 2.05) is 11.1 Å². The lowest BCUT2D eigenvalue weighted by Gasteiger charge is -2.26. The van der Waals surface area contributed by atoms with Crippen molar-refractivity contribution in [3.63, 3.8) is 0 Å². The molecule has 1 aliphatic heterocycles. The molecule has 2 aromatic heterocycles. The van der Waals surface area contributed by atoms with Crippen molar-refractivity contribution in [2.24, 2.45) is 0 Å². The number of aromatic amines is 1. The van der Waals surface area contributed by atoms with Crippen molar-refractivity contribution in [2.45, 2.75) is 19.3 Å². The summed E-state index contributed by atoms with van der Waals surface area (Å²) in [6.07, 6.45) is 3.42. The molecule has 3 heterocycles. The Hall–Kier alpha value is -1.96. The fourth-order valence-corrected chi connectivity index (χ4v) is 3.91. The standard InChI is InChI=1S/C17H16ClFN4OS/c18-10-8-12-13(9-11(10)19)21-16(20-12)14-4-5-15(25-14)17(24)22-23-6-2-1-3-7-23/h4-5,8-9H,1-3,6-7H2,(H,20,21)(H,22,24). The number of nitrogens with one attached hydrogen (secondary N) is 2. The average molecular weight is 379 g/mol. The molecule has 1 saturated heterocycles. The van der Waals surface area contributed by atoms with E-state index in [0.717, 1.165) is 30.8 Å². The highest BCUT2D eigenvalue weighted by Crippen LogP contribution is 2.29. The van der Waals surface area contributed by atoms with E-state index in [1.165, 1.54) is 29.9 Å². The maximum atomic E-state index is 13.6. The monoisotopic (exact) mass is 378 g/mol. The summed E-state index contributed by atoms with van der Waals surface area (Å²) in [4.78, 5) is 21.3. The van der Waals surface area contributed by atoms with E-state index >= 15 is 0 Å². The molecule has 0 spiro atoms. The van der Waals surface area contributed by atoms with Gasteiger partial charge < -0.3 is 4.98 Å². The Balaban J connectivity index is 1.55. The number of benzene rings is 1. The molecule has 0 unspecified atom stereocenters. The van der Waals surface area contributed by atoms with Gasteiger partial charge in [0.2, 0.25) is 0 Å². The first-order valence-corrected chi connectivity index (χ1v) is 9.30. The molecule has 2 N–H and O–H groups in total. The molecule has 1 aromatic carbocycles. The first-order chi connectivity index (χ1) is 12.1. The Morgan fingerprint density at radius 2 is 2.08 bits per heavy atom. The SMILES string of the molecule is O=C(NN1CCCCC1)c1ccc(-c2nc3cc(Cl)c(F)cc3[nH]2)s1. The van der Waals surface area contributed by atoms with Gasteiger partial charge in [0.15, 0.2) is 0 Å². The van der Waals surface area contributed by atoms with Crippen LogP contribution in [-0.4, -0.2) is 34.0 Å². The van der Waals surface area contributed by atoms with Crippen molar-refractivity contribution in [1.29, 1.82) is 0 Å². The number of hydrogen-bond donors (Lipinski definition) is 2. The van der Waals surface area contributed by atoms with Gasteiger partial charge in [0.25, 0.3) is 5.91 Å². The number of thiophene rings is 1. The number of carbonyl (C=O) groups is 1. The van der Waals surface area contributed by atoms with Crippen molar-refractivity contribution in [2.75, 3.05) is 13.1 Å². The van der Waals surface area contributed by atoms with Crippen LogP contribution < -0.4 is 5.43 Å². The van der Waals surface area contributed by atoms with Crippen LogP contribution in [0, 0.1) is 5.82 Å². The van der Waals surface area contributed by atoms with E-state index in [1.54, 1.807) is 6.07 Å². The quantitative estimate of drug-likeness (QED) is 0.717. The average Bonchev–Trinajstić information content (AvgIpc) is 3.23. The third kappa shape index (κ3) is 3.40. The molecular weight excluding hydrogens is 363 g/mol. The van der Waals surface area contributed by atoms with Crippen LogP contribution in [0.1, 0.15) is 28.9 Å². The molecule has 25 heavy (non-hydrogen) atoms. The minimum absolute atomic E-state index is 0.0401. The smallest absolute Gasteiger partial charge is 0.275 e. The van der Waals surface area contributed by atoms with Crippen LogP contribution in [0.5, 0.6) is 0 Å². The lowest BCUT2D eigenvalue weighted by Crippen LogP contribution is -2.44. The highest BCUT2D eigenvalue weighted by Gasteiger charge is 2.17. The van der Waals surface area contributed by atoms with Crippen molar-refractivity contribution < 1.29 is 9.18 Å². The zero-order valence-electron chi connectivity index (χ0n) is 13.3. The van der Waals surface area contributed by atoms with Crippen molar-refractivity contribution in [3.05, 3.63) is 40.0 Å². The summed E-state index contributed by atoms with van der Waals surface area (Å²) in [5.74, 6) is -0.000756. The Bertz CT molecular complexity index is 893. The summed E-state index contributed by atoms with van der Waals surface area (Å²) < 4.78 is 13.6. The zero-order chi connectivity index (χ0) is 17.4. The van der Waals surface area contributed by atoms with Crippen LogP contribution >= 0.6 is 22.9 Å². The molecule has 130 valence electrons. The molecule has 0 bridgehead atoms. The van der Waals surface area contributed by atoms with Crippen LogP contribution in [-0.2, 0) is 0 Å². The number of carbonyl (C=O) groups excluding carboxylic acids is 1. The maximum Gasteiger partial charge on any atom is 0.275 e. The van der Waals surface area contributed by atoms with E-state index in [-0.39, 0.29) is 10.9 Å². The predicted octanol–water partition coefficient (Wildman–Crippen LogP) is 4.21. The minimum Gasteiger partial charge on any atom is -0.337 e. The van der Waals surface area contributed by atoms with Gasteiger partial charge in [-0.25, -0.2) is 14.4 Å². The summed E-state index contributed by atoms with van der Waals surface area (Å²) in [6, 6.07) is 6.43. The summed E-state index contributed by atoms with van der Waals surface area (Å²) in [6.45, 7) is 1.78. The van der Waals surface area contributed by atoms with E-state index in [0.29, 0.717) is 21.7 Å². The summed E-state index contributed by atoms with van der Waals surface area (Å²) in [7, 11) is 0. The van der Waals surface area contributed by atoms with Crippen LogP contribution in [0.4, 0.5) is 4.39 Å². The molecule has 5 nitrogen and oxygen atoms in total. The molecule has 0 saturated carbocycles. The van der Waals surface area contributed by atoms with Gasteiger partial charge in [-0.2, -0.15) is 0 Å². The van der Waals surface area contributed by atoms with Crippen LogP contribution in [0.25, 0.3) is 21.7 Å². The van der Waals surface area contributed by atoms with Crippen molar-refractivity contribution >= 4 is 39.9 Å². The number of piperidine rings is 1. The van der Waals surface area contributed by atoms with Crippen molar-refractivity contribution in [1.82, 2.24) is 20.4 Å². The zero-order valence-corrected chi connectivity index (χ0v) is 14.9. The van der Waals surface area contributed by atoms with Crippen LogP contribution in [0.15, 0.2) is 24.3 Å². The normalized spacial score (nSPS) is 15.6. The third-order valence-electron chi connectivity index (χ3n) is 4.20. The molecule has 1 amide bonds. The molecule has 0 radical (unpaired) electrons. The van der Waals surface area contributed by atoms with Crippen LogP contribution in [0.3, 0.4) is 0 Å². The largest absolute Gasteiger partial charge is 0.337 e. The highest BCUT2D eigenvalue weighted by atomic mass is 35.5.